The van der Waals surface area contributed by atoms with Crippen molar-refractivity contribution in [2.45, 2.75) is 0 Å². The van der Waals surface area contributed by atoms with E-state index in [0.717, 1.165) is 16.7 Å². The molecule has 0 saturated carbocycles. The molecule has 1 aliphatic heterocycles. The third kappa shape index (κ3) is 5.14. The lowest BCUT2D eigenvalue weighted by molar-refractivity contribution is 1.04. The van der Waals surface area contributed by atoms with Crippen LogP contribution in [-0.2, 0) is 0 Å². The van der Waals surface area contributed by atoms with Crippen molar-refractivity contribution in [3.05, 3.63) is 133 Å². The molecule has 1 aliphatic rings. The summed E-state index contributed by atoms with van der Waals surface area (Å²) in [6.07, 6.45) is 4.22. The SMILES string of the molecule is C[PH]1=CC(c2nc(-c3ccc(-c4ccccc4)cc3)nc(-c3ccc(-c4ccccc4)cc3)n2)=CC=C1. The molecule has 0 spiro atoms. The number of aromatic nitrogens is 3. The first kappa shape index (κ1) is 23.1. The van der Waals surface area contributed by atoms with E-state index in [4.69, 9.17) is 15.0 Å². The second-order valence-electron chi connectivity index (χ2n) is 9.06. The second kappa shape index (κ2) is 10.3. The van der Waals surface area contributed by atoms with Gasteiger partial charge in [-0.3, -0.25) is 0 Å². The van der Waals surface area contributed by atoms with Crippen molar-refractivity contribution in [1.82, 2.24) is 15.0 Å². The molecule has 0 aliphatic carbocycles. The molecule has 1 unspecified atom stereocenters. The Hall–Kier alpha value is -4.33. The minimum atomic E-state index is -0.688. The van der Waals surface area contributed by atoms with Crippen molar-refractivity contribution in [3.63, 3.8) is 0 Å². The Bertz CT molecular complexity index is 1530. The minimum absolute atomic E-state index is 0.681. The van der Waals surface area contributed by atoms with E-state index < -0.39 is 7.55 Å². The van der Waals surface area contributed by atoms with E-state index in [-0.39, 0.29) is 0 Å². The molecule has 0 amide bonds. The molecule has 0 saturated heterocycles. The van der Waals surface area contributed by atoms with Crippen LogP contribution in [0.5, 0.6) is 0 Å². The molecule has 0 radical (unpaired) electrons. The standard InChI is InChI=1S/C33H26N3P/c1-37-22-8-13-30(23-37)33-35-31(28-18-14-26(15-19-28)24-9-4-2-5-10-24)34-32(36-33)29-20-16-27(17-21-29)25-11-6-3-7-12-25/h2-23,37H,1H3. The first-order chi connectivity index (χ1) is 18.2. The zero-order valence-corrected chi connectivity index (χ0v) is 21.5. The van der Waals surface area contributed by atoms with Gasteiger partial charge in [0.1, 0.15) is 0 Å². The first-order valence-electron chi connectivity index (χ1n) is 12.4. The Morgan fingerprint density at radius 1 is 0.459 bits per heavy atom. The highest BCUT2D eigenvalue weighted by molar-refractivity contribution is 7.60. The van der Waals surface area contributed by atoms with Gasteiger partial charge in [-0.05, 0) is 28.9 Å². The van der Waals surface area contributed by atoms with Crippen LogP contribution >= 0.6 is 7.55 Å². The van der Waals surface area contributed by atoms with Gasteiger partial charge in [-0.25, -0.2) is 15.0 Å². The number of rotatable bonds is 5. The average Bonchev–Trinajstić information content (AvgIpc) is 2.98. The van der Waals surface area contributed by atoms with Crippen LogP contribution in [0, 0.1) is 0 Å². The lowest BCUT2D eigenvalue weighted by atomic mass is 10.0. The van der Waals surface area contributed by atoms with Gasteiger partial charge in [0, 0.05) is 16.7 Å². The molecule has 4 heteroatoms. The van der Waals surface area contributed by atoms with E-state index >= 15 is 0 Å². The molecule has 2 heterocycles. The highest BCUT2D eigenvalue weighted by Gasteiger charge is 2.14. The molecular formula is C33H26N3P. The molecular weight excluding hydrogens is 469 g/mol. The van der Waals surface area contributed by atoms with Crippen LogP contribution in [0.3, 0.4) is 0 Å². The number of benzene rings is 4. The van der Waals surface area contributed by atoms with Gasteiger partial charge in [-0.2, -0.15) is 0 Å². The Kier molecular flexibility index (Phi) is 6.45. The summed E-state index contributed by atoms with van der Waals surface area (Å²) in [6.45, 7) is 2.27. The first-order valence-corrected chi connectivity index (χ1v) is 14.5. The summed E-state index contributed by atoms with van der Waals surface area (Å²) >= 11 is 0. The maximum Gasteiger partial charge on any atom is 0.164 e. The fourth-order valence-electron chi connectivity index (χ4n) is 4.43. The summed E-state index contributed by atoms with van der Waals surface area (Å²) in [5.41, 5.74) is 7.72. The molecule has 0 fully saturated rings. The van der Waals surface area contributed by atoms with Crippen molar-refractivity contribution >= 4 is 18.9 Å². The Labute approximate surface area is 218 Å². The lowest BCUT2D eigenvalue weighted by Crippen LogP contribution is -2.04. The highest BCUT2D eigenvalue weighted by atomic mass is 31.1. The molecule has 4 aromatic carbocycles. The fraction of sp³-hybridized carbons (Fsp3) is 0.0303. The van der Waals surface area contributed by atoms with Gasteiger partial charge in [0.15, 0.2) is 17.5 Å². The summed E-state index contributed by atoms with van der Waals surface area (Å²) in [5, 5.41) is 0. The van der Waals surface area contributed by atoms with Crippen molar-refractivity contribution < 1.29 is 0 Å². The van der Waals surface area contributed by atoms with Gasteiger partial charge >= 0.3 is 0 Å². The van der Waals surface area contributed by atoms with Crippen LogP contribution in [0.15, 0.2) is 127 Å². The largest absolute Gasteiger partial charge is 0.208 e. The van der Waals surface area contributed by atoms with Crippen LogP contribution in [0.25, 0.3) is 50.6 Å². The number of hydrogen-bond acceptors (Lipinski definition) is 3. The van der Waals surface area contributed by atoms with Gasteiger partial charge < -0.3 is 0 Å². The minimum Gasteiger partial charge on any atom is -0.208 e. The summed E-state index contributed by atoms with van der Waals surface area (Å²) in [6, 6.07) is 37.7. The van der Waals surface area contributed by atoms with Gasteiger partial charge in [-0.1, -0.05) is 141 Å². The van der Waals surface area contributed by atoms with Crippen molar-refractivity contribution in [1.29, 1.82) is 0 Å². The second-order valence-corrected chi connectivity index (χ2v) is 11.2. The van der Waals surface area contributed by atoms with E-state index in [1.54, 1.807) is 0 Å². The van der Waals surface area contributed by atoms with Gasteiger partial charge in [0.25, 0.3) is 0 Å². The van der Waals surface area contributed by atoms with Crippen LogP contribution in [0.2, 0.25) is 0 Å². The maximum absolute atomic E-state index is 4.92. The van der Waals surface area contributed by atoms with Crippen molar-refractivity contribution in [2.24, 2.45) is 0 Å². The fourth-order valence-corrected chi connectivity index (χ4v) is 5.64. The number of nitrogens with zero attached hydrogens (tertiary/aromatic N) is 3. The molecule has 1 aromatic heterocycles. The molecule has 178 valence electrons. The average molecular weight is 496 g/mol. The van der Waals surface area contributed by atoms with Crippen molar-refractivity contribution in [2.75, 3.05) is 6.66 Å². The Morgan fingerprint density at radius 2 is 0.865 bits per heavy atom. The van der Waals surface area contributed by atoms with Gasteiger partial charge in [-0.15, -0.1) is 0 Å². The molecule has 1 atom stereocenters. The van der Waals surface area contributed by atoms with Gasteiger partial charge in [0.05, 0.1) is 0 Å². The maximum atomic E-state index is 4.92. The third-order valence-corrected chi connectivity index (χ3v) is 7.90. The molecule has 6 rings (SSSR count). The van der Waals surface area contributed by atoms with E-state index in [0.29, 0.717) is 17.5 Å². The smallest absolute Gasteiger partial charge is 0.164 e. The van der Waals surface area contributed by atoms with E-state index in [1.807, 2.05) is 12.1 Å². The summed E-state index contributed by atoms with van der Waals surface area (Å²) in [7, 11) is -0.688. The van der Waals surface area contributed by atoms with Gasteiger partial charge in [0.2, 0.25) is 0 Å². The lowest BCUT2D eigenvalue weighted by Gasteiger charge is -2.11. The number of hydrogen-bond donors (Lipinski definition) is 0. The third-order valence-electron chi connectivity index (χ3n) is 6.41. The van der Waals surface area contributed by atoms with E-state index in [1.165, 1.54) is 22.3 Å². The molecule has 5 aromatic rings. The summed E-state index contributed by atoms with van der Waals surface area (Å²) < 4.78 is 0. The Balaban J connectivity index is 1.41. The van der Waals surface area contributed by atoms with Crippen LogP contribution < -0.4 is 0 Å². The molecule has 0 N–H and O–H groups in total. The van der Waals surface area contributed by atoms with Crippen LogP contribution in [0.4, 0.5) is 0 Å². The summed E-state index contributed by atoms with van der Waals surface area (Å²) in [4.78, 5) is 14.8. The highest BCUT2D eigenvalue weighted by Crippen LogP contribution is 2.30. The predicted molar refractivity (Wildman–Crippen MR) is 159 cm³/mol. The summed E-state index contributed by atoms with van der Waals surface area (Å²) in [5.74, 6) is 6.64. The van der Waals surface area contributed by atoms with Crippen LogP contribution in [-0.4, -0.2) is 27.4 Å². The van der Waals surface area contributed by atoms with Crippen LogP contribution in [0.1, 0.15) is 5.82 Å². The topological polar surface area (TPSA) is 38.7 Å². The Morgan fingerprint density at radius 3 is 1.32 bits per heavy atom. The quantitative estimate of drug-likeness (QED) is 0.231. The van der Waals surface area contributed by atoms with E-state index in [2.05, 4.69) is 127 Å². The molecule has 3 nitrogen and oxygen atoms in total. The molecule has 37 heavy (non-hydrogen) atoms. The monoisotopic (exact) mass is 495 g/mol. The molecule has 0 bridgehead atoms. The zero-order chi connectivity index (χ0) is 25.0. The van der Waals surface area contributed by atoms with E-state index in [9.17, 15) is 0 Å². The zero-order valence-electron chi connectivity index (χ0n) is 20.5. The van der Waals surface area contributed by atoms with Crippen molar-refractivity contribution in [3.8, 4) is 45.0 Å². The number of allylic oxidation sites excluding steroid dienone is 3. The normalized spacial score (nSPS) is 14.6. The predicted octanol–water partition coefficient (Wildman–Crippen LogP) is 8.10.